The molecule has 2 aromatic carbocycles. The van der Waals surface area contributed by atoms with Crippen LogP contribution in [0.15, 0.2) is 42.5 Å². The van der Waals surface area contributed by atoms with Gasteiger partial charge in [0, 0.05) is 11.3 Å². The van der Waals surface area contributed by atoms with Gasteiger partial charge in [-0.2, -0.15) is 8.78 Å². The van der Waals surface area contributed by atoms with Crippen molar-refractivity contribution in [2.75, 3.05) is 18.5 Å². The Bertz CT molecular complexity index is 908. The van der Waals surface area contributed by atoms with E-state index in [1.54, 1.807) is 31.2 Å². The van der Waals surface area contributed by atoms with Gasteiger partial charge in [-0.1, -0.05) is 29.8 Å². The average Bonchev–Trinajstić information content (AvgIpc) is 2.66. The van der Waals surface area contributed by atoms with Crippen LogP contribution in [0.25, 0.3) is 0 Å². The average molecular weight is 427 g/mol. The zero-order chi connectivity index (χ0) is 21.4. The van der Waals surface area contributed by atoms with E-state index in [-0.39, 0.29) is 16.5 Å². The fourth-order valence-corrected chi connectivity index (χ4v) is 2.46. The summed E-state index contributed by atoms with van der Waals surface area (Å²) in [4.78, 5) is 35.5. The molecule has 0 saturated carbocycles. The lowest BCUT2D eigenvalue weighted by Crippen LogP contribution is -2.32. The predicted molar refractivity (Wildman–Crippen MR) is 101 cm³/mol. The molecule has 2 rings (SSSR count). The van der Waals surface area contributed by atoms with Crippen molar-refractivity contribution >= 4 is 35.1 Å². The molecule has 154 valence electrons. The van der Waals surface area contributed by atoms with Gasteiger partial charge in [-0.05, 0) is 36.8 Å². The topological polar surface area (TPSA) is 93.7 Å². The molecule has 0 unspecified atom stereocenters. The van der Waals surface area contributed by atoms with Crippen LogP contribution in [0.5, 0.6) is 5.75 Å². The molecule has 0 aliphatic rings. The van der Waals surface area contributed by atoms with Gasteiger partial charge in [0.1, 0.15) is 12.3 Å². The third kappa shape index (κ3) is 7.04. The first-order chi connectivity index (χ1) is 13.8. The Hall–Kier alpha value is -3.20. The molecule has 0 aromatic heterocycles. The van der Waals surface area contributed by atoms with Gasteiger partial charge < -0.3 is 20.1 Å². The van der Waals surface area contributed by atoms with E-state index in [9.17, 15) is 23.2 Å². The summed E-state index contributed by atoms with van der Waals surface area (Å²) in [5.74, 6) is -2.16. The molecule has 2 N–H and O–H groups in total. The van der Waals surface area contributed by atoms with Crippen LogP contribution in [0, 0.1) is 6.92 Å². The zero-order valence-corrected chi connectivity index (χ0v) is 16.0. The van der Waals surface area contributed by atoms with E-state index in [2.05, 4.69) is 15.4 Å². The van der Waals surface area contributed by atoms with Gasteiger partial charge >= 0.3 is 12.6 Å². The first kappa shape index (κ1) is 22.1. The van der Waals surface area contributed by atoms with E-state index in [1.807, 2.05) is 0 Å². The van der Waals surface area contributed by atoms with E-state index in [0.29, 0.717) is 5.56 Å². The maximum Gasteiger partial charge on any atom is 0.387 e. The molecule has 0 heterocycles. The Balaban J connectivity index is 1.77. The highest BCUT2D eigenvalue weighted by atomic mass is 35.5. The van der Waals surface area contributed by atoms with Crippen LogP contribution in [-0.2, 0) is 14.3 Å². The first-order valence-corrected chi connectivity index (χ1v) is 8.67. The van der Waals surface area contributed by atoms with Gasteiger partial charge in [0.2, 0.25) is 0 Å². The maximum absolute atomic E-state index is 12.2. The molecular weight excluding hydrogens is 410 g/mol. The highest BCUT2D eigenvalue weighted by Crippen LogP contribution is 2.28. The Morgan fingerprint density at radius 1 is 1.14 bits per heavy atom. The van der Waals surface area contributed by atoms with Crippen molar-refractivity contribution in [1.82, 2.24) is 5.32 Å². The van der Waals surface area contributed by atoms with Crippen LogP contribution in [0.4, 0.5) is 14.5 Å². The van der Waals surface area contributed by atoms with Gasteiger partial charge in [0.15, 0.2) is 6.61 Å². The summed E-state index contributed by atoms with van der Waals surface area (Å²) in [5, 5.41) is 4.66. The summed E-state index contributed by atoms with van der Waals surface area (Å²) in [7, 11) is 0. The molecule has 10 heteroatoms. The third-order valence-corrected chi connectivity index (χ3v) is 3.87. The molecule has 0 atom stereocenters. The SMILES string of the molecule is Cc1ccccc1C(=O)NCC(=O)OCC(=O)Nc1ccc(OC(F)F)c(Cl)c1. The normalized spacial score (nSPS) is 10.4. The zero-order valence-electron chi connectivity index (χ0n) is 15.2. The largest absolute Gasteiger partial charge is 0.454 e. The number of aryl methyl sites for hydroxylation is 1. The summed E-state index contributed by atoms with van der Waals surface area (Å²) in [6, 6.07) is 10.5. The van der Waals surface area contributed by atoms with Crippen molar-refractivity contribution in [2.24, 2.45) is 0 Å². The van der Waals surface area contributed by atoms with Gasteiger partial charge in [-0.25, -0.2) is 0 Å². The van der Waals surface area contributed by atoms with Crippen molar-refractivity contribution < 1.29 is 32.6 Å². The number of amides is 2. The lowest BCUT2D eigenvalue weighted by atomic mass is 10.1. The Kier molecular flexibility index (Phi) is 7.90. The molecule has 0 radical (unpaired) electrons. The van der Waals surface area contributed by atoms with E-state index < -0.39 is 37.5 Å². The quantitative estimate of drug-likeness (QED) is 0.632. The number of hydrogen-bond acceptors (Lipinski definition) is 5. The lowest BCUT2D eigenvalue weighted by Gasteiger charge is -2.10. The number of anilines is 1. The Morgan fingerprint density at radius 2 is 1.86 bits per heavy atom. The Labute approximate surface area is 169 Å². The molecule has 0 saturated heterocycles. The minimum atomic E-state index is -3.03. The third-order valence-electron chi connectivity index (χ3n) is 3.58. The minimum Gasteiger partial charge on any atom is -0.454 e. The second-order valence-corrected chi connectivity index (χ2v) is 6.14. The van der Waals surface area contributed by atoms with Crippen LogP contribution in [0.1, 0.15) is 15.9 Å². The fourth-order valence-electron chi connectivity index (χ4n) is 2.24. The molecule has 0 spiro atoms. The summed E-state index contributed by atoms with van der Waals surface area (Å²) < 4.78 is 33.3. The first-order valence-electron chi connectivity index (χ1n) is 8.30. The number of halogens is 3. The van der Waals surface area contributed by atoms with Crippen molar-refractivity contribution in [3.05, 3.63) is 58.6 Å². The van der Waals surface area contributed by atoms with Crippen molar-refractivity contribution in [3.63, 3.8) is 0 Å². The molecular formula is C19H17ClF2N2O5. The van der Waals surface area contributed by atoms with E-state index in [1.165, 1.54) is 12.1 Å². The van der Waals surface area contributed by atoms with Crippen LogP contribution in [-0.4, -0.2) is 37.5 Å². The number of rotatable bonds is 8. The molecule has 7 nitrogen and oxygen atoms in total. The standard InChI is InChI=1S/C19H17ClF2N2O5/c1-11-4-2-3-5-13(11)18(27)23-9-17(26)28-10-16(25)24-12-6-7-15(14(20)8-12)29-19(21)22/h2-8,19H,9-10H2,1H3,(H,23,27)(H,24,25). The summed E-state index contributed by atoms with van der Waals surface area (Å²) >= 11 is 5.78. The minimum absolute atomic E-state index is 0.126. The summed E-state index contributed by atoms with van der Waals surface area (Å²) in [6.45, 7) is -2.29. The van der Waals surface area contributed by atoms with Crippen LogP contribution >= 0.6 is 11.6 Å². The Morgan fingerprint density at radius 3 is 2.52 bits per heavy atom. The summed E-state index contributed by atoms with van der Waals surface area (Å²) in [6.07, 6.45) is 0. The molecule has 2 aromatic rings. The van der Waals surface area contributed by atoms with E-state index in [4.69, 9.17) is 16.3 Å². The van der Waals surface area contributed by atoms with Crippen LogP contribution in [0.2, 0.25) is 5.02 Å². The van der Waals surface area contributed by atoms with Crippen LogP contribution < -0.4 is 15.4 Å². The van der Waals surface area contributed by atoms with E-state index >= 15 is 0 Å². The van der Waals surface area contributed by atoms with Crippen molar-refractivity contribution in [1.29, 1.82) is 0 Å². The van der Waals surface area contributed by atoms with Gasteiger partial charge in [-0.3, -0.25) is 14.4 Å². The predicted octanol–water partition coefficient (Wildman–Crippen LogP) is 3.16. The smallest absolute Gasteiger partial charge is 0.387 e. The second-order valence-electron chi connectivity index (χ2n) is 5.73. The van der Waals surface area contributed by atoms with Gasteiger partial charge in [0.25, 0.3) is 11.8 Å². The molecule has 0 bridgehead atoms. The highest BCUT2D eigenvalue weighted by Gasteiger charge is 2.13. The van der Waals surface area contributed by atoms with E-state index in [0.717, 1.165) is 11.6 Å². The number of benzene rings is 2. The second kappa shape index (κ2) is 10.4. The number of carbonyl (C=O) groups excluding carboxylic acids is 3. The van der Waals surface area contributed by atoms with Gasteiger partial charge in [0.05, 0.1) is 5.02 Å². The highest BCUT2D eigenvalue weighted by molar-refractivity contribution is 6.32. The number of hydrogen-bond donors (Lipinski definition) is 2. The number of alkyl halides is 2. The fraction of sp³-hybridized carbons (Fsp3) is 0.211. The number of carbonyl (C=O) groups is 3. The monoisotopic (exact) mass is 426 g/mol. The molecule has 0 aliphatic carbocycles. The number of ether oxygens (including phenoxy) is 2. The van der Waals surface area contributed by atoms with Gasteiger partial charge in [-0.15, -0.1) is 0 Å². The number of esters is 1. The van der Waals surface area contributed by atoms with Crippen LogP contribution in [0.3, 0.4) is 0 Å². The summed E-state index contributed by atoms with van der Waals surface area (Å²) in [5.41, 5.74) is 1.38. The lowest BCUT2D eigenvalue weighted by molar-refractivity contribution is -0.146. The van der Waals surface area contributed by atoms with Crippen molar-refractivity contribution in [3.8, 4) is 5.75 Å². The maximum atomic E-state index is 12.2. The van der Waals surface area contributed by atoms with Crippen molar-refractivity contribution in [2.45, 2.75) is 13.5 Å². The molecule has 2 amide bonds. The molecule has 0 aliphatic heterocycles. The molecule has 0 fully saturated rings. The number of nitrogens with one attached hydrogen (secondary N) is 2. The molecule has 29 heavy (non-hydrogen) atoms.